The van der Waals surface area contributed by atoms with Crippen molar-refractivity contribution in [1.82, 2.24) is 15.2 Å². The van der Waals surface area contributed by atoms with Crippen LogP contribution in [0.1, 0.15) is 12.8 Å². The quantitative estimate of drug-likeness (QED) is 0.191. The molecule has 0 amide bonds. The van der Waals surface area contributed by atoms with E-state index in [2.05, 4.69) is 73.8 Å². The van der Waals surface area contributed by atoms with Gasteiger partial charge in [0, 0.05) is 51.5 Å². The Morgan fingerprint density at radius 3 is 2.75 bits per heavy atom. The van der Waals surface area contributed by atoms with Gasteiger partial charge in [0.25, 0.3) is 0 Å². The number of benzene rings is 2. The molecular weight excluding hydrogens is 513 g/mol. The molecular formula is C25H34IN5O. The molecule has 0 aliphatic carbocycles. The molecule has 2 N–H and O–H groups in total. The minimum atomic E-state index is 0. The number of hydrogen-bond acceptors (Lipinski definition) is 3. The summed E-state index contributed by atoms with van der Waals surface area (Å²) < 4.78 is 7.84. The van der Waals surface area contributed by atoms with E-state index in [1.54, 1.807) is 7.11 Å². The molecule has 7 heteroatoms. The van der Waals surface area contributed by atoms with Gasteiger partial charge in [-0.3, -0.25) is 4.99 Å². The molecule has 6 nitrogen and oxygen atoms in total. The van der Waals surface area contributed by atoms with Crippen molar-refractivity contribution in [1.29, 1.82) is 0 Å². The fraction of sp³-hybridized carbons (Fsp3) is 0.400. The van der Waals surface area contributed by atoms with Gasteiger partial charge in [0.2, 0.25) is 0 Å². The molecule has 1 aliphatic rings. The van der Waals surface area contributed by atoms with E-state index in [1.807, 2.05) is 19.2 Å². The Bertz CT molecular complexity index is 1020. The van der Waals surface area contributed by atoms with E-state index in [-0.39, 0.29) is 24.0 Å². The Balaban J connectivity index is 0.00000289. The fourth-order valence-electron chi connectivity index (χ4n) is 4.36. The Labute approximate surface area is 208 Å². The van der Waals surface area contributed by atoms with Gasteiger partial charge in [-0.1, -0.05) is 30.3 Å². The van der Waals surface area contributed by atoms with E-state index in [0.717, 1.165) is 50.9 Å². The molecule has 2 aromatic carbocycles. The van der Waals surface area contributed by atoms with Crippen LogP contribution in [0.2, 0.25) is 0 Å². The molecule has 32 heavy (non-hydrogen) atoms. The van der Waals surface area contributed by atoms with Gasteiger partial charge in [0.15, 0.2) is 5.96 Å². The Kier molecular flexibility index (Phi) is 9.08. The van der Waals surface area contributed by atoms with Crippen LogP contribution < -0.4 is 20.3 Å². The lowest BCUT2D eigenvalue weighted by molar-refractivity contribution is 0.414. The van der Waals surface area contributed by atoms with Gasteiger partial charge in [-0.25, -0.2) is 0 Å². The van der Waals surface area contributed by atoms with Crippen LogP contribution >= 0.6 is 24.0 Å². The normalized spacial score (nSPS) is 16.1. The second-order valence-electron chi connectivity index (χ2n) is 8.07. The summed E-state index contributed by atoms with van der Waals surface area (Å²) in [6.07, 6.45) is 4.39. The summed E-state index contributed by atoms with van der Waals surface area (Å²) in [5, 5.41) is 8.26. The number of nitrogens with one attached hydrogen (secondary N) is 2. The van der Waals surface area contributed by atoms with Crippen molar-refractivity contribution in [2.75, 3.05) is 45.2 Å². The summed E-state index contributed by atoms with van der Waals surface area (Å²) in [6.45, 7) is 4.90. The topological polar surface area (TPSA) is 53.8 Å². The number of aliphatic imine (C=N–C) groups is 1. The van der Waals surface area contributed by atoms with Crippen LogP contribution in [-0.2, 0) is 6.54 Å². The van der Waals surface area contributed by atoms with E-state index in [4.69, 9.17) is 4.74 Å². The maximum atomic E-state index is 5.53. The highest BCUT2D eigenvalue weighted by Crippen LogP contribution is 2.31. The zero-order valence-corrected chi connectivity index (χ0v) is 21.3. The number of rotatable bonds is 8. The first-order chi connectivity index (χ1) is 15.3. The molecule has 1 saturated heterocycles. The van der Waals surface area contributed by atoms with Gasteiger partial charge in [-0.2, -0.15) is 0 Å². The lowest BCUT2D eigenvalue weighted by atomic mass is 10.1. The van der Waals surface area contributed by atoms with E-state index in [9.17, 15) is 0 Å². The van der Waals surface area contributed by atoms with Crippen LogP contribution in [0.25, 0.3) is 10.9 Å². The van der Waals surface area contributed by atoms with Gasteiger partial charge in [0.05, 0.1) is 12.8 Å². The van der Waals surface area contributed by atoms with Crippen molar-refractivity contribution in [3.63, 3.8) is 0 Å². The number of para-hydroxylation sites is 3. The smallest absolute Gasteiger partial charge is 0.190 e. The fourth-order valence-corrected chi connectivity index (χ4v) is 4.36. The summed E-state index contributed by atoms with van der Waals surface area (Å²) in [7, 11) is 3.58. The lowest BCUT2D eigenvalue weighted by Gasteiger charge is -2.21. The molecule has 0 spiro atoms. The monoisotopic (exact) mass is 547 g/mol. The predicted molar refractivity (Wildman–Crippen MR) is 145 cm³/mol. The van der Waals surface area contributed by atoms with Crippen LogP contribution in [0.4, 0.5) is 5.69 Å². The molecule has 0 bridgehead atoms. The van der Waals surface area contributed by atoms with Crippen molar-refractivity contribution in [3.8, 4) is 5.75 Å². The molecule has 1 unspecified atom stereocenters. The number of fused-ring (bicyclic) bond motifs is 1. The first-order valence-electron chi connectivity index (χ1n) is 11.1. The number of hydrogen-bond donors (Lipinski definition) is 2. The Morgan fingerprint density at radius 1 is 1.09 bits per heavy atom. The van der Waals surface area contributed by atoms with Crippen molar-refractivity contribution >= 4 is 46.5 Å². The molecule has 1 atom stereocenters. The highest BCUT2D eigenvalue weighted by Gasteiger charge is 2.24. The number of anilines is 1. The summed E-state index contributed by atoms with van der Waals surface area (Å²) in [4.78, 5) is 6.81. The molecule has 0 radical (unpaired) electrons. The third-order valence-corrected chi connectivity index (χ3v) is 6.04. The summed E-state index contributed by atoms with van der Waals surface area (Å²) in [5.41, 5.74) is 2.48. The van der Waals surface area contributed by atoms with Gasteiger partial charge in [-0.05, 0) is 48.4 Å². The predicted octanol–water partition coefficient (Wildman–Crippen LogP) is 4.35. The van der Waals surface area contributed by atoms with Crippen molar-refractivity contribution in [3.05, 3.63) is 60.8 Å². The van der Waals surface area contributed by atoms with Crippen LogP contribution in [0.3, 0.4) is 0 Å². The average molecular weight is 547 g/mol. The molecule has 1 aromatic heterocycles. The van der Waals surface area contributed by atoms with Crippen LogP contribution in [0, 0.1) is 5.92 Å². The average Bonchev–Trinajstić information content (AvgIpc) is 3.46. The zero-order chi connectivity index (χ0) is 21.5. The minimum Gasteiger partial charge on any atom is -0.495 e. The minimum absolute atomic E-state index is 0. The van der Waals surface area contributed by atoms with Crippen LogP contribution in [-0.4, -0.2) is 50.9 Å². The van der Waals surface area contributed by atoms with Crippen LogP contribution in [0.15, 0.2) is 65.8 Å². The number of ether oxygens (including phenoxy) is 1. The summed E-state index contributed by atoms with van der Waals surface area (Å²) in [6, 6.07) is 19.0. The molecule has 172 valence electrons. The third-order valence-electron chi connectivity index (χ3n) is 6.04. The number of halogens is 1. The molecule has 1 fully saturated rings. The van der Waals surface area contributed by atoms with Crippen LogP contribution in [0.5, 0.6) is 5.75 Å². The van der Waals surface area contributed by atoms with Gasteiger partial charge in [0.1, 0.15) is 5.75 Å². The van der Waals surface area contributed by atoms with E-state index < -0.39 is 0 Å². The van der Waals surface area contributed by atoms with E-state index in [0.29, 0.717) is 5.92 Å². The number of aromatic nitrogens is 1. The SMILES string of the molecule is CN=C(NCCCn1ccc2ccccc21)NCC1CCN(c2ccccc2OC)C1.I. The maximum absolute atomic E-state index is 5.53. The second-order valence-corrected chi connectivity index (χ2v) is 8.07. The number of nitrogens with zero attached hydrogens (tertiary/aromatic N) is 3. The first-order valence-corrected chi connectivity index (χ1v) is 11.1. The van der Waals surface area contributed by atoms with Gasteiger partial charge < -0.3 is 24.8 Å². The van der Waals surface area contributed by atoms with Crippen molar-refractivity contribution < 1.29 is 4.74 Å². The highest BCUT2D eigenvalue weighted by atomic mass is 127. The summed E-state index contributed by atoms with van der Waals surface area (Å²) in [5.74, 6) is 2.42. The van der Waals surface area contributed by atoms with E-state index in [1.165, 1.54) is 23.0 Å². The molecule has 3 aromatic rings. The third kappa shape index (κ3) is 5.88. The standard InChI is InChI=1S/C25H33N5O.HI/c1-26-25(27-14-7-15-29-17-13-21-8-3-4-9-22(21)29)28-18-20-12-16-30(19-20)23-10-5-6-11-24(23)31-2;/h3-6,8-11,13,17,20H,7,12,14-16,18-19H2,1-2H3,(H2,26,27,28);1H. The summed E-state index contributed by atoms with van der Waals surface area (Å²) >= 11 is 0. The number of methoxy groups -OCH3 is 1. The highest BCUT2D eigenvalue weighted by molar-refractivity contribution is 14.0. The molecule has 2 heterocycles. The van der Waals surface area contributed by atoms with Crippen molar-refractivity contribution in [2.45, 2.75) is 19.4 Å². The maximum Gasteiger partial charge on any atom is 0.190 e. The largest absolute Gasteiger partial charge is 0.495 e. The number of guanidine groups is 1. The molecule has 0 saturated carbocycles. The van der Waals surface area contributed by atoms with Gasteiger partial charge in [-0.15, -0.1) is 24.0 Å². The molecule has 1 aliphatic heterocycles. The second kappa shape index (κ2) is 12.0. The lowest BCUT2D eigenvalue weighted by Crippen LogP contribution is -2.40. The Morgan fingerprint density at radius 2 is 1.91 bits per heavy atom. The Hall–Kier alpha value is -2.42. The van der Waals surface area contributed by atoms with Gasteiger partial charge >= 0.3 is 0 Å². The number of aryl methyl sites for hydroxylation is 1. The molecule has 4 rings (SSSR count). The van der Waals surface area contributed by atoms with Crippen molar-refractivity contribution in [2.24, 2.45) is 10.9 Å². The zero-order valence-electron chi connectivity index (χ0n) is 19.0. The first kappa shape index (κ1) is 24.2. The van der Waals surface area contributed by atoms with E-state index >= 15 is 0 Å².